The third-order valence-electron chi connectivity index (χ3n) is 7.25. The summed E-state index contributed by atoms with van der Waals surface area (Å²) in [6.45, 7) is 5.61. The SMILES string of the molecule is CCCCCCCCOc1ccc(C2OCC(c3ccc(CCCCCCCC)cc3)CO2)c(F)c1F. The molecule has 0 saturated carbocycles. The van der Waals surface area contributed by atoms with E-state index in [0.717, 1.165) is 31.2 Å². The van der Waals surface area contributed by atoms with Gasteiger partial charge in [0.15, 0.2) is 17.9 Å². The average Bonchev–Trinajstić information content (AvgIpc) is 2.93. The monoisotopic (exact) mass is 516 g/mol. The van der Waals surface area contributed by atoms with Crippen LogP contribution >= 0.6 is 0 Å². The summed E-state index contributed by atoms with van der Waals surface area (Å²) in [5.41, 5.74) is 2.58. The summed E-state index contributed by atoms with van der Waals surface area (Å²) in [4.78, 5) is 0. The lowest BCUT2D eigenvalue weighted by Gasteiger charge is -2.30. The molecule has 1 fully saturated rings. The lowest BCUT2D eigenvalue weighted by atomic mass is 9.97. The summed E-state index contributed by atoms with van der Waals surface area (Å²) in [5.74, 6) is -1.90. The number of hydrogen-bond acceptors (Lipinski definition) is 3. The number of rotatable bonds is 17. The zero-order valence-electron chi connectivity index (χ0n) is 22.9. The first-order chi connectivity index (χ1) is 18.1. The largest absolute Gasteiger partial charge is 0.490 e. The second-order valence-corrected chi connectivity index (χ2v) is 10.4. The number of aryl methyl sites for hydroxylation is 1. The van der Waals surface area contributed by atoms with Crippen molar-refractivity contribution in [1.29, 1.82) is 0 Å². The van der Waals surface area contributed by atoms with E-state index in [-0.39, 0.29) is 17.2 Å². The highest BCUT2D eigenvalue weighted by Crippen LogP contribution is 2.34. The number of unbranched alkanes of at least 4 members (excludes halogenated alkanes) is 10. The van der Waals surface area contributed by atoms with Crippen molar-refractivity contribution in [3.05, 3.63) is 64.7 Å². The predicted molar refractivity (Wildman–Crippen MR) is 146 cm³/mol. The van der Waals surface area contributed by atoms with Gasteiger partial charge in [-0.15, -0.1) is 0 Å². The van der Waals surface area contributed by atoms with Crippen molar-refractivity contribution in [2.75, 3.05) is 19.8 Å². The molecule has 0 amide bonds. The normalized spacial score (nSPS) is 17.7. The van der Waals surface area contributed by atoms with Gasteiger partial charge in [-0.2, -0.15) is 4.39 Å². The Labute approximate surface area is 222 Å². The number of ether oxygens (including phenoxy) is 3. The van der Waals surface area contributed by atoms with E-state index in [1.165, 1.54) is 75.5 Å². The van der Waals surface area contributed by atoms with Crippen molar-refractivity contribution in [3.63, 3.8) is 0 Å². The van der Waals surface area contributed by atoms with E-state index in [1.54, 1.807) is 0 Å². The van der Waals surface area contributed by atoms with Crippen molar-refractivity contribution in [2.24, 2.45) is 0 Å². The van der Waals surface area contributed by atoms with Crippen molar-refractivity contribution >= 4 is 0 Å². The molecule has 1 saturated heterocycles. The Hall–Kier alpha value is -1.98. The van der Waals surface area contributed by atoms with Gasteiger partial charge in [-0.3, -0.25) is 0 Å². The molecule has 206 valence electrons. The van der Waals surface area contributed by atoms with E-state index in [1.807, 2.05) is 0 Å². The first-order valence-electron chi connectivity index (χ1n) is 14.6. The maximum absolute atomic E-state index is 14.8. The van der Waals surface area contributed by atoms with Gasteiger partial charge in [0.05, 0.1) is 19.8 Å². The molecule has 0 N–H and O–H groups in total. The Morgan fingerprint density at radius 2 is 1.30 bits per heavy atom. The Morgan fingerprint density at radius 1 is 0.703 bits per heavy atom. The maximum atomic E-state index is 14.8. The number of halogens is 2. The van der Waals surface area contributed by atoms with Crippen molar-refractivity contribution in [2.45, 2.75) is 110 Å². The second-order valence-electron chi connectivity index (χ2n) is 10.4. The van der Waals surface area contributed by atoms with Gasteiger partial charge in [0.25, 0.3) is 0 Å². The Morgan fingerprint density at radius 3 is 1.95 bits per heavy atom. The van der Waals surface area contributed by atoms with Gasteiger partial charge in [-0.25, -0.2) is 4.39 Å². The van der Waals surface area contributed by atoms with Crippen LogP contribution in [0.15, 0.2) is 36.4 Å². The molecule has 2 aromatic carbocycles. The smallest absolute Gasteiger partial charge is 0.201 e. The molecule has 0 bridgehead atoms. The molecule has 0 radical (unpaired) electrons. The highest BCUT2D eigenvalue weighted by Gasteiger charge is 2.28. The standard InChI is InChI=1S/C32H46F2O3/c1-3-5-7-9-11-13-15-25-16-18-26(19-17-25)27-23-36-32(37-24-27)28-20-21-29(31(34)30(28)33)35-22-14-12-10-8-6-4-2/h16-21,27,32H,3-15,22-24H2,1-2H3. The molecule has 0 unspecified atom stereocenters. The summed E-state index contributed by atoms with van der Waals surface area (Å²) in [6.07, 6.45) is 14.7. The van der Waals surface area contributed by atoms with E-state index < -0.39 is 17.9 Å². The molecule has 1 aliphatic heterocycles. The molecule has 0 aliphatic carbocycles. The first kappa shape index (κ1) is 29.6. The molecule has 37 heavy (non-hydrogen) atoms. The van der Waals surface area contributed by atoms with Crippen LogP contribution in [0.5, 0.6) is 5.75 Å². The Bertz CT molecular complexity index is 892. The van der Waals surface area contributed by atoms with Crippen LogP contribution in [0.4, 0.5) is 8.78 Å². The minimum atomic E-state index is -0.973. The summed E-state index contributed by atoms with van der Waals surface area (Å²) in [5, 5.41) is 0. The van der Waals surface area contributed by atoms with Crippen LogP contribution in [0, 0.1) is 11.6 Å². The van der Waals surface area contributed by atoms with Crippen LogP contribution in [-0.4, -0.2) is 19.8 Å². The molecule has 5 heteroatoms. The molecule has 1 heterocycles. The quantitative estimate of drug-likeness (QED) is 0.196. The van der Waals surface area contributed by atoms with Crippen LogP contribution in [0.2, 0.25) is 0 Å². The third kappa shape index (κ3) is 9.68. The van der Waals surface area contributed by atoms with Crippen LogP contribution in [0.25, 0.3) is 0 Å². The fraction of sp³-hybridized carbons (Fsp3) is 0.625. The van der Waals surface area contributed by atoms with Crippen LogP contribution in [0.1, 0.15) is 120 Å². The Kier molecular flexibility index (Phi) is 13.4. The van der Waals surface area contributed by atoms with Gasteiger partial charge in [0.2, 0.25) is 5.82 Å². The van der Waals surface area contributed by atoms with E-state index in [9.17, 15) is 8.78 Å². The van der Waals surface area contributed by atoms with E-state index in [4.69, 9.17) is 14.2 Å². The van der Waals surface area contributed by atoms with Crippen molar-refractivity contribution in [1.82, 2.24) is 0 Å². The lowest BCUT2D eigenvalue weighted by molar-refractivity contribution is -0.193. The predicted octanol–water partition coefficient (Wildman–Crippen LogP) is 9.44. The zero-order valence-corrected chi connectivity index (χ0v) is 22.9. The number of benzene rings is 2. The van der Waals surface area contributed by atoms with E-state index >= 15 is 0 Å². The number of hydrogen-bond donors (Lipinski definition) is 0. The molecule has 2 aromatic rings. The molecule has 3 rings (SSSR count). The van der Waals surface area contributed by atoms with Gasteiger partial charge in [0, 0.05) is 11.5 Å². The molecule has 0 aromatic heterocycles. The Balaban J connectivity index is 1.42. The van der Waals surface area contributed by atoms with Gasteiger partial charge >= 0.3 is 0 Å². The van der Waals surface area contributed by atoms with E-state index in [0.29, 0.717) is 19.8 Å². The van der Waals surface area contributed by atoms with Crippen molar-refractivity contribution < 1.29 is 23.0 Å². The average molecular weight is 517 g/mol. The molecule has 0 spiro atoms. The first-order valence-corrected chi connectivity index (χ1v) is 14.6. The molecule has 3 nitrogen and oxygen atoms in total. The zero-order chi connectivity index (χ0) is 26.3. The third-order valence-corrected chi connectivity index (χ3v) is 7.25. The van der Waals surface area contributed by atoms with Crippen molar-refractivity contribution in [3.8, 4) is 5.75 Å². The topological polar surface area (TPSA) is 27.7 Å². The minimum Gasteiger partial charge on any atom is -0.490 e. The van der Waals surface area contributed by atoms with E-state index in [2.05, 4.69) is 38.1 Å². The second kappa shape index (κ2) is 16.8. The fourth-order valence-corrected chi connectivity index (χ4v) is 4.85. The fourth-order valence-electron chi connectivity index (χ4n) is 4.85. The van der Waals surface area contributed by atoms with Gasteiger partial charge in [0.1, 0.15) is 0 Å². The lowest BCUT2D eigenvalue weighted by Crippen LogP contribution is -2.26. The van der Waals surface area contributed by atoms with Crippen LogP contribution < -0.4 is 4.74 Å². The molecule has 0 atom stereocenters. The van der Waals surface area contributed by atoms with Gasteiger partial charge < -0.3 is 14.2 Å². The summed E-state index contributed by atoms with van der Waals surface area (Å²) in [7, 11) is 0. The molecular weight excluding hydrogens is 470 g/mol. The summed E-state index contributed by atoms with van der Waals surface area (Å²) >= 11 is 0. The highest BCUT2D eigenvalue weighted by atomic mass is 19.2. The van der Waals surface area contributed by atoms with Crippen LogP contribution in [0.3, 0.4) is 0 Å². The van der Waals surface area contributed by atoms with Gasteiger partial charge in [-0.1, -0.05) is 102 Å². The van der Waals surface area contributed by atoms with Crippen LogP contribution in [-0.2, 0) is 15.9 Å². The highest BCUT2D eigenvalue weighted by molar-refractivity contribution is 5.32. The molecule has 1 aliphatic rings. The minimum absolute atomic E-state index is 0.0513. The maximum Gasteiger partial charge on any atom is 0.201 e. The molecular formula is C32H46F2O3. The summed E-state index contributed by atoms with van der Waals surface area (Å²) < 4.78 is 46.6. The van der Waals surface area contributed by atoms with Gasteiger partial charge in [-0.05, 0) is 42.5 Å². The summed E-state index contributed by atoms with van der Waals surface area (Å²) in [6, 6.07) is 11.6.